The molecule has 5 aromatic heterocycles. The number of fused-ring (bicyclic) bond motifs is 19. The average molecular weight is 1820 g/mol. The number of nitrogens with zero attached hydrogens (tertiary/aromatic N) is 6. The van der Waals surface area contributed by atoms with Crippen LogP contribution in [0.2, 0.25) is 0 Å². The van der Waals surface area contributed by atoms with E-state index in [0.29, 0.717) is 0 Å². The molecular formula is C137H94N6. The van der Waals surface area contributed by atoms with Crippen molar-refractivity contribution in [1.82, 2.24) is 29.9 Å². The molecule has 0 saturated carbocycles. The molecule has 5 heterocycles. The monoisotopic (exact) mass is 1820 g/mol. The van der Waals surface area contributed by atoms with Crippen LogP contribution in [0.5, 0.6) is 0 Å². The molecular weight excluding hydrogens is 1730 g/mol. The summed E-state index contributed by atoms with van der Waals surface area (Å²) in [5.74, 6) is 0.737. The van der Waals surface area contributed by atoms with Crippen LogP contribution >= 0.6 is 0 Å². The number of pyridine rings is 4. The Hall–Kier alpha value is -17.8. The highest BCUT2D eigenvalue weighted by atomic mass is 14.9. The van der Waals surface area contributed by atoms with Crippen LogP contribution in [-0.2, 0) is 16.2 Å². The lowest BCUT2D eigenvalue weighted by Gasteiger charge is -2.25. The van der Waals surface area contributed by atoms with Gasteiger partial charge in [0, 0.05) is 84.2 Å². The van der Waals surface area contributed by atoms with Gasteiger partial charge in [0.15, 0.2) is 5.82 Å². The van der Waals surface area contributed by atoms with Crippen molar-refractivity contribution >= 4 is 86.6 Å². The summed E-state index contributed by atoms with van der Waals surface area (Å²) in [6.45, 7) is 14.0. The molecule has 4 aliphatic carbocycles. The van der Waals surface area contributed by atoms with Crippen LogP contribution in [0.15, 0.2) is 461 Å². The first-order valence-corrected chi connectivity index (χ1v) is 49.6. The first-order chi connectivity index (χ1) is 70.2. The van der Waals surface area contributed by atoms with Gasteiger partial charge < -0.3 is 0 Å². The van der Waals surface area contributed by atoms with Crippen molar-refractivity contribution in [1.29, 1.82) is 0 Å². The summed E-state index contributed by atoms with van der Waals surface area (Å²) < 4.78 is 0. The van der Waals surface area contributed by atoms with E-state index in [2.05, 4.69) is 488 Å². The molecule has 6 nitrogen and oxygen atoms in total. The molecule has 0 spiro atoms. The minimum absolute atomic E-state index is 0.153. The van der Waals surface area contributed by atoms with Crippen molar-refractivity contribution in [2.45, 2.75) is 57.8 Å². The lowest BCUT2D eigenvalue weighted by atomic mass is 9.78. The topological polar surface area (TPSA) is 77.3 Å². The molecule has 0 amide bonds. The van der Waals surface area contributed by atoms with Crippen molar-refractivity contribution in [2.24, 2.45) is 0 Å². The third kappa shape index (κ3) is 13.5. The van der Waals surface area contributed by atoms with Gasteiger partial charge in [0.1, 0.15) is 0 Å². The highest BCUT2D eigenvalue weighted by Crippen LogP contribution is 2.59. The minimum Gasteiger partial charge on any atom is -0.256 e. The molecule has 4 aliphatic rings. The standard InChI is InChI=1S/C50H33N.C44H31N3.C43H30N2/c1-50(2)44-20-9-7-16-42(44)49-48(50)46(43-17-8-10-21-45(43)51-49)31-24-22-30(23-25-31)32-26-27-37(34-13-4-3-12-33(32)34)38-28-29-41-36-15-6-5-14-35(36)39-18-11-19-40(38)47(39)41;1-44(2)38-14-7-5-12-36(38)42-41(44)40(37-13-6-8-15-39(37)47-42)30-20-16-28(17-21-30)32-24-25-33(35-11-4-3-10-34(32)35)29-18-22-31(23-19-29)43-45-26-9-27-46-43;1-43(2)37-17-9-7-15-35(37)42-41(43)40(36-16-8-10-18-38(36)45-42)28-21-19-27(20-22-28)31-23-24-34(33-14-6-5-13-32(31)33)39-25-29-11-3-4-12-30(29)26-44-39/h3-29H,1-2H3;3-27H,1-2H3;3-26H,1-2H3. The van der Waals surface area contributed by atoms with Crippen LogP contribution in [0, 0.1) is 0 Å². The Morgan fingerprint density at radius 3 is 0.853 bits per heavy atom. The molecule has 6 heteroatoms. The molecule has 0 saturated heterocycles. The molecule has 25 aromatic rings. The maximum Gasteiger partial charge on any atom is 0.159 e. The predicted octanol–water partition coefficient (Wildman–Crippen LogP) is 35.9. The highest BCUT2D eigenvalue weighted by Gasteiger charge is 2.43. The van der Waals surface area contributed by atoms with Gasteiger partial charge in [-0.25, -0.2) is 24.9 Å². The summed E-state index contributed by atoms with van der Waals surface area (Å²) >= 11 is 0. The van der Waals surface area contributed by atoms with Crippen molar-refractivity contribution in [3.05, 3.63) is 495 Å². The molecule has 0 N–H and O–H groups in total. The van der Waals surface area contributed by atoms with Crippen LogP contribution < -0.4 is 0 Å². The van der Waals surface area contributed by atoms with E-state index in [1.165, 1.54) is 226 Å². The number of benzene rings is 20. The van der Waals surface area contributed by atoms with Gasteiger partial charge in [0.2, 0.25) is 0 Å². The molecule has 0 atom stereocenters. The summed E-state index contributed by atoms with van der Waals surface area (Å²) in [5.41, 5.74) is 45.9. The fourth-order valence-corrected chi connectivity index (χ4v) is 24.4. The average Bonchev–Trinajstić information content (AvgIpc) is 1.57. The maximum atomic E-state index is 5.25. The second kappa shape index (κ2) is 33.2. The Bertz CT molecular complexity index is 9560. The molecule has 143 heavy (non-hydrogen) atoms. The van der Waals surface area contributed by atoms with E-state index in [0.717, 1.165) is 61.7 Å². The van der Waals surface area contributed by atoms with Gasteiger partial charge in [-0.2, -0.15) is 0 Å². The number of rotatable bonds is 10. The highest BCUT2D eigenvalue weighted by molar-refractivity contribution is 6.21. The van der Waals surface area contributed by atoms with E-state index >= 15 is 0 Å². The quantitative estimate of drug-likeness (QED) is 0.136. The van der Waals surface area contributed by atoms with Gasteiger partial charge in [-0.15, -0.1) is 0 Å². The molecule has 0 unspecified atom stereocenters. The second-order valence-corrected chi connectivity index (χ2v) is 40.0. The first-order valence-electron chi connectivity index (χ1n) is 49.6. The van der Waals surface area contributed by atoms with Gasteiger partial charge in [0.05, 0.1) is 39.3 Å². The van der Waals surface area contributed by atoms with E-state index in [9.17, 15) is 0 Å². The predicted molar refractivity (Wildman–Crippen MR) is 598 cm³/mol. The first kappa shape index (κ1) is 84.4. The normalized spacial score (nSPS) is 13.3. The summed E-state index contributed by atoms with van der Waals surface area (Å²) in [6.07, 6.45) is 5.53. The van der Waals surface area contributed by atoms with Gasteiger partial charge in [0.25, 0.3) is 0 Å². The Labute approximate surface area is 830 Å². The molecule has 20 aromatic carbocycles. The lowest BCUT2D eigenvalue weighted by Crippen LogP contribution is -2.16. The molecule has 29 rings (SSSR count). The zero-order chi connectivity index (χ0) is 95.5. The Morgan fingerprint density at radius 1 is 0.182 bits per heavy atom. The summed E-state index contributed by atoms with van der Waals surface area (Å²) in [7, 11) is 0. The maximum absolute atomic E-state index is 5.25. The third-order valence-electron chi connectivity index (χ3n) is 31.1. The summed E-state index contributed by atoms with van der Waals surface area (Å²) in [5, 5.41) is 16.1. The number of hydrogen-bond donors (Lipinski definition) is 0. The van der Waals surface area contributed by atoms with Crippen LogP contribution in [0.1, 0.15) is 74.9 Å². The fraction of sp³-hybridized carbons (Fsp3) is 0.0657. The van der Waals surface area contributed by atoms with Crippen LogP contribution in [0.25, 0.3) is 254 Å². The van der Waals surface area contributed by atoms with Crippen molar-refractivity contribution in [3.8, 4) is 168 Å². The van der Waals surface area contributed by atoms with Crippen molar-refractivity contribution in [2.75, 3.05) is 0 Å². The van der Waals surface area contributed by atoms with Crippen LogP contribution in [0.3, 0.4) is 0 Å². The van der Waals surface area contributed by atoms with Gasteiger partial charge in [-0.1, -0.05) is 454 Å². The summed E-state index contributed by atoms with van der Waals surface area (Å²) in [4.78, 5) is 29.4. The molecule has 0 bridgehead atoms. The largest absolute Gasteiger partial charge is 0.256 e. The van der Waals surface area contributed by atoms with Crippen LogP contribution in [-0.4, -0.2) is 29.9 Å². The van der Waals surface area contributed by atoms with Crippen molar-refractivity contribution in [3.63, 3.8) is 0 Å². The Balaban J connectivity index is 0.000000107. The number of aromatic nitrogens is 6. The van der Waals surface area contributed by atoms with E-state index in [-0.39, 0.29) is 16.2 Å². The molecule has 0 aliphatic heterocycles. The Kier molecular flexibility index (Phi) is 19.6. The van der Waals surface area contributed by atoms with E-state index < -0.39 is 0 Å². The van der Waals surface area contributed by atoms with E-state index in [1.54, 1.807) is 12.4 Å². The SMILES string of the molecule is CC1(C)c2ccccc2-c2nc3ccccc3c(-c3ccc(-c4ccc(-c5cc6ccccc6cn5)c5ccccc45)cc3)c21.CC1(C)c2ccccc2-c2nc3ccccc3c(-c3ccc(-c4ccc(-c5ccc(-c6ncccn6)cc5)c5ccccc45)cc3)c21.CC1(C)c2ccccc2-c2nc3ccccc3c(-c3ccc(-c4ccc(-c5ccc6c7c(cccc57)-c5ccccc5-6)c5ccccc45)cc3)c21. The zero-order valence-corrected chi connectivity index (χ0v) is 80.1. The lowest BCUT2D eigenvalue weighted by molar-refractivity contribution is 0.661. The summed E-state index contributed by atoms with van der Waals surface area (Å²) in [6, 6.07) is 161. The van der Waals surface area contributed by atoms with Gasteiger partial charge in [-0.3, -0.25) is 4.98 Å². The molecule has 0 fully saturated rings. The minimum atomic E-state index is -0.158. The van der Waals surface area contributed by atoms with Gasteiger partial charge >= 0.3 is 0 Å². The number of hydrogen-bond acceptors (Lipinski definition) is 6. The van der Waals surface area contributed by atoms with E-state index in [1.807, 2.05) is 12.3 Å². The number of para-hydroxylation sites is 3. The van der Waals surface area contributed by atoms with Crippen molar-refractivity contribution < 1.29 is 0 Å². The molecule has 0 radical (unpaired) electrons. The third-order valence-corrected chi connectivity index (χ3v) is 31.1. The zero-order valence-electron chi connectivity index (χ0n) is 80.1. The second-order valence-electron chi connectivity index (χ2n) is 40.0. The van der Waals surface area contributed by atoms with Crippen LogP contribution in [0.4, 0.5) is 0 Å². The Morgan fingerprint density at radius 2 is 0.455 bits per heavy atom. The fourth-order valence-electron chi connectivity index (χ4n) is 24.4. The smallest absolute Gasteiger partial charge is 0.159 e. The molecule has 672 valence electrons. The van der Waals surface area contributed by atoms with E-state index in [4.69, 9.17) is 19.9 Å². The van der Waals surface area contributed by atoms with Gasteiger partial charge in [-0.05, 0) is 223 Å².